The van der Waals surface area contributed by atoms with Crippen molar-refractivity contribution in [2.45, 2.75) is 0 Å². The highest BCUT2D eigenvalue weighted by atomic mass is 16.7. The summed E-state index contributed by atoms with van der Waals surface area (Å²) in [5.41, 5.74) is 0.665. The molecular formula is C12H13NO6. The Balaban J connectivity index is 3.06. The fourth-order valence-electron chi connectivity index (χ4n) is 1.18. The molecule has 1 aromatic rings. The molecule has 19 heavy (non-hydrogen) atoms. The maximum absolute atomic E-state index is 11.1. The molecule has 0 atom stereocenters. The molecule has 0 heterocycles. The van der Waals surface area contributed by atoms with Gasteiger partial charge in [-0.05, 0) is 23.8 Å². The standard InChI is InChI=1S/C12H13NO6/c1-13-7-8-4-5-9(18-11(14)16-2)10(6-8)19-12(15)17-3/h4-7H,1-3H3. The van der Waals surface area contributed by atoms with Gasteiger partial charge in [0, 0.05) is 13.3 Å². The average molecular weight is 267 g/mol. The maximum atomic E-state index is 11.1. The van der Waals surface area contributed by atoms with Crippen LogP contribution in [0.25, 0.3) is 0 Å². The van der Waals surface area contributed by atoms with Crippen LogP contribution >= 0.6 is 0 Å². The van der Waals surface area contributed by atoms with Crippen LogP contribution in [0.5, 0.6) is 11.5 Å². The predicted octanol–water partition coefficient (Wildman–Crippen LogP) is 2.03. The van der Waals surface area contributed by atoms with Gasteiger partial charge in [0.1, 0.15) is 0 Å². The van der Waals surface area contributed by atoms with E-state index in [1.54, 1.807) is 19.3 Å². The number of hydrogen-bond acceptors (Lipinski definition) is 7. The van der Waals surface area contributed by atoms with Crippen molar-refractivity contribution in [1.82, 2.24) is 0 Å². The average Bonchev–Trinajstić information content (AvgIpc) is 2.41. The molecule has 0 saturated heterocycles. The van der Waals surface area contributed by atoms with Gasteiger partial charge in [0.15, 0.2) is 11.5 Å². The van der Waals surface area contributed by atoms with Crippen molar-refractivity contribution < 1.29 is 28.5 Å². The zero-order valence-corrected chi connectivity index (χ0v) is 10.7. The van der Waals surface area contributed by atoms with E-state index in [-0.39, 0.29) is 11.5 Å². The lowest BCUT2D eigenvalue weighted by Crippen LogP contribution is -2.12. The largest absolute Gasteiger partial charge is 0.513 e. The van der Waals surface area contributed by atoms with Crippen molar-refractivity contribution in [3.63, 3.8) is 0 Å². The minimum atomic E-state index is -0.930. The normalized spacial score (nSPS) is 10.1. The Morgan fingerprint density at radius 1 is 1.05 bits per heavy atom. The summed E-state index contributed by atoms with van der Waals surface area (Å²) in [7, 11) is 3.93. The molecule has 0 fully saturated rings. The minimum absolute atomic E-state index is 0.0228. The van der Waals surface area contributed by atoms with E-state index in [0.717, 1.165) is 0 Å². The smallest absolute Gasteiger partial charge is 0.437 e. The number of hydrogen-bond donors (Lipinski definition) is 0. The van der Waals surface area contributed by atoms with Crippen LogP contribution in [0.2, 0.25) is 0 Å². The molecule has 0 aliphatic rings. The monoisotopic (exact) mass is 267 g/mol. The minimum Gasteiger partial charge on any atom is -0.437 e. The van der Waals surface area contributed by atoms with Gasteiger partial charge in [0.05, 0.1) is 14.2 Å². The molecular weight excluding hydrogens is 254 g/mol. The second kappa shape index (κ2) is 7.00. The van der Waals surface area contributed by atoms with E-state index in [9.17, 15) is 9.59 Å². The SMILES string of the molecule is CN=Cc1ccc(OC(=O)OC)c(OC(=O)OC)c1. The molecule has 0 spiro atoms. The van der Waals surface area contributed by atoms with E-state index in [4.69, 9.17) is 9.47 Å². The fourth-order valence-corrected chi connectivity index (χ4v) is 1.18. The summed E-state index contributed by atoms with van der Waals surface area (Å²) in [6.45, 7) is 0. The summed E-state index contributed by atoms with van der Waals surface area (Å²) in [6, 6.07) is 4.56. The van der Waals surface area contributed by atoms with E-state index in [0.29, 0.717) is 5.56 Å². The lowest BCUT2D eigenvalue weighted by Gasteiger charge is -2.09. The number of carbonyl (C=O) groups is 2. The first-order valence-corrected chi connectivity index (χ1v) is 5.18. The summed E-state index contributed by atoms with van der Waals surface area (Å²) >= 11 is 0. The molecule has 0 bridgehead atoms. The Morgan fingerprint density at radius 3 is 2.16 bits per heavy atom. The van der Waals surface area contributed by atoms with Crippen molar-refractivity contribution in [3.8, 4) is 11.5 Å². The molecule has 1 aromatic carbocycles. The molecule has 0 amide bonds. The fraction of sp³-hybridized carbons (Fsp3) is 0.250. The molecule has 0 N–H and O–H groups in total. The summed E-state index contributed by atoms with van der Waals surface area (Å²) in [4.78, 5) is 26.0. The lowest BCUT2D eigenvalue weighted by molar-refractivity contribution is 0.110. The van der Waals surface area contributed by atoms with Crippen molar-refractivity contribution in [2.75, 3.05) is 21.3 Å². The first-order valence-electron chi connectivity index (χ1n) is 5.18. The summed E-state index contributed by atoms with van der Waals surface area (Å²) in [6.07, 6.45) is -0.307. The van der Waals surface area contributed by atoms with Crippen LogP contribution in [-0.2, 0) is 9.47 Å². The van der Waals surface area contributed by atoms with Gasteiger partial charge >= 0.3 is 12.3 Å². The molecule has 0 radical (unpaired) electrons. The van der Waals surface area contributed by atoms with Gasteiger partial charge in [-0.1, -0.05) is 0 Å². The molecule has 7 nitrogen and oxygen atoms in total. The summed E-state index contributed by atoms with van der Waals surface area (Å²) in [5.74, 6) is 0.0557. The Labute approximate surface area is 109 Å². The first kappa shape index (κ1) is 14.5. The molecule has 0 aromatic heterocycles. The lowest BCUT2D eigenvalue weighted by atomic mass is 10.2. The number of ether oxygens (including phenoxy) is 4. The number of benzene rings is 1. The highest BCUT2D eigenvalue weighted by Gasteiger charge is 2.14. The van der Waals surface area contributed by atoms with Gasteiger partial charge in [-0.3, -0.25) is 4.99 Å². The van der Waals surface area contributed by atoms with Crippen LogP contribution in [0, 0.1) is 0 Å². The van der Waals surface area contributed by atoms with Gasteiger partial charge in [0.25, 0.3) is 0 Å². The zero-order valence-electron chi connectivity index (χ0n) is 10.7. The predicted molar refractivity (Wildman–Crippen MR) is 66.0 cm³/mol. The van der Waals surface area contributed by atoms with Crippen LogP contribution in [0.15, 0.2) is 23.2 Å². The van der Waals surface area contributed by atoms with Crippen LogP contribution in [-0.4, -0.2) is 39.8 Å². The summed E-state index contributed by atoms with van der Waals surface area (Å²) < 4.78 is 18.4. The Morgan fingerprint density at radius 2 is 1.63 bits per heavy atom. The number of aliphatic imine (C=N–C) groups is 1. The van der Waals surface area contributed by atoms with Crippen molar-refractivity contribution >= 4 is 18.5 Å². The third-order valence-corrected chi connectivity index (χ3v) is 1.97. The van der Waals surface area contributed by atoms with Crippen molar-refractivity contribution in [1.29, 1.82) is 0 Å². The Kier molecular flexibility index (Phi) is 5.34. The van der Waals surface area contributed by atoms with Crippen molar-refractivity contribution in [3.05, 3.63) is 23.8 Å². The summed E-state index contributed by atoms with van der Waals surface area (Å²) in [5, 5.41) is 0. The van der Waals surface area contributed by atoms with Gasteiger partial charge in [-0.2, -0.15) is 0 Å². The second-order valence-corrected chi connectivity index (χ2v) is 3.21. The highest BCUT2D eigenvalue weighted by Crippen LogP contribution is 2.28. The maximum Gasteiger partial charge on any atom is 0.513 e. The molecule has 0 aliphatic carbocycles. The third kappa shape index (κ3) is 4.30. The highest BCUT2D eigenvalue weighted by molar-refractivity contribution is 5.81. The van der Waals surface area contributed by atoms with Crippen LogP contribution < -0.4 is 9.47 Å². The van der Waals surface area contributed by atoms with Crippen LogP contribution in [0.1, 0.15) is 5.56 Å². The Bertz CT molecular complexity index is 497. The van der Waals surface area contributed by atoms with Crippen LogP contribution in [0.3, 0.4) is 0 Å². The number of methoxy groups -OCH3 is 2. The quantitative estimate of drug-likeness (QED) is 0.473. The van der Waals surface area contributed by atoms with Gasteiger partial charge in [0.2, 0.25) is 0 Å². The van der Waals surface area contributed by atoms with Crippen molar-refractivity contribution in [2.24, 2.45) is 4.99 Å². The van der Waals surface area contributed by atoms with E-state index in [2.05, 4.69) is 14.5 Å². The van der Waals surface area contributed by atoms with Gasteiger partial charge < -0.3 is 18.9 Å². The topological polar surface area (TPSA) is 83.4 Å². The second-order valence-electron chi connectivity index (χ2n) is 3.21. The van der Waals surface area contributed by atoms with Gasteiger partial charge in [-0.25, -0.2) is 9.59 Å². The molecule has 0 saturated carbocycles. The Hall–Kier alpha value is -2.57. The number of rotatable bonds is 3. The van der Waals surface area contributed by atoms with E-state index < -0.39 is 12.3 Å². The van der Waals surface area contributed by atoms with E-state index in [1.807, 2.05) is 0 Å². The van der Waals surface area contributed by atoms with Crippen LogP contribution in [0.4, 0.5) is 9.59 Å². The third-order valence-electron chi connectivity index (χ3n) is 1.97. The van der Waals surface area contributed by atoms with E-state index >= 15 is 0 Å². The molecule has 0 unspecified atom stereocenters. The first-order chi connectivity index (χ1) is 9.10. The molecule has 1 rings (SSSR count). The molecule has 102 valence electrons. The number of nitrogens with zero attached hydrogens (tertiary/aromatic N) is 1. The molecule has 0 aliphatic heterocycles. The van der Waals surface area contributed by atoms with E-state index in [1.165, 1.54) is 26.4 Å². The zero-order chi connectivity index (χ0) is 14.3. The molecule has 7 heteroatoms. The number of carbonyl (C=O) groups excluding carboxylic acids is 2. The van der Waals surface area contributed by atoms with Gasteiger partial charge in [-0.15, -0.1) is 0 Å².